The summed E-state index contributed by atoms with van der Waals surface area (Å²) >= 11 is -0.784. The Bertz CT molecular complexity index is 966. The fourth-order valence-corrected chi connectivity index (χ4v) is 4.08. The molecule has 3 aromatic rings. The standard InChI is InChI=1S/C19H18N2O4S2/c1-12(23)20-19-21-17(15-6-2-13(10-22)3-7-15)18(26-19)16-8-4-14(5-9-16)11-27(24)25/h2-9,22H,10-11H2,1H3,(H,24,25)(H,20,21,23)/p-1. The molecule has 0 aliphatic heterocycles. The van der Waals surface area contributed by atoms with Crippen LogP contribution in [0.25, 0.3) is 21.7 Å². The lowest BCUT2D eigenvalue weighted by Gasteiger charge is -2.07. The summed E-state index contributed by atoms with van der Waals surface area (Å²) in [5.41, 5.74) is 3.96. The number of carbonyl (C=O) groups is 1. The average molecular weight is 401 g/mol. The molecule has 0 saturated carbocycles. The number of thiazole rings is 1. The predicted molar refractivity (Wildman–Crippen MR) is 106 cm³/mol. The molecule has 1 atom stereocenters. The molecule has 1 amide bonds. The van der Waals surface area contributed by atoms with E-state index in [0.717, 1.165) is 21.6 Å². The molecule has 0 spiro atoms. The number of aromatic nitrogens is 1. The van der Waals surface area contributed by atoms with Gasteiger partial charge in [0.1, 0.15) is 0 Å². The number of hydrogen-bond acceptors (Lipinski definition) is 6. The highest BCUT2D eigenvalue weighted by Gasteiger charge is 2.16. The summed E-state index contributed by atoms with van der Waals surface area (Å²) in [7, 11) is 0. The molecule has 1 heterocycles. The second-order valence-corrected chi connectivity index (χ2v) is 7.77. The predicted octanol–water partition coefficient (Wildman–Crippen LogP) is 3.31. The van der Waals surface area contributed by atoms with Crippen LogP contribution in [0.4, 0.5) is 5.13 Å². The van der Waals surface area contributed by atoms with Gasteiger partial charge in [0, 0.05) is 18.2 Å². The summed E-state index contributed by atoms with van der Waals surface area (Å²) in [6.45, 7) is 1.39. The van der Waals surface area contributed by atoms with Crippen LogP contribution in [-0.4, -0.2) is 24.8 Å². The van der Waals surface area contributed by atoms with E-state index < -0.39 is 11.1 Å². The number of nitrogens with zero attached hydrogens (tertiary/aromatic N) is 1. The molecule has 6 nitrogen and oxygen atoms in total. The van der Waals surface area contributed by atoms with Gasteiger partial charge in [-0.3, -0.25) is 9.00 Å². The summed E-state index contributed by atoms with van der Waals surface area (Å²) in [6, 6.07) is 14.6. The van der Waals surface area contributed by atoms with Crippen molar-refractivity contribution in [1.29, 1.82) is 0 Å². The normalized spacial score (nSPS) is 12.0. The van der Waals surface area contributed by atoms with Crippen LogP contribution < -0.4 is 5.32 Å². The SMILES string of the molecule is CC(=O)Nc1nc(-c2ccc(CO)cc2)c(-c2ccc(CS(=O)[O-])cc2)s1. The molecule has 0 saturated heterocycles. The lowest BCUT2D eigenvalue weighted by molar-refractivity contribution is -0.114. The summed E-state index contributed by atoms with van der Waals surface area (Å²) in [4.78, 5) is 16.8. The summed E-state index contributed by atoms with van der Waals surface area (Å²) in [5, 5.41) is 12.4. The fraction of sp³-hybridized carbons (Fsp3) is 0.158. The quantitative estimate of drug-likeness (QED) is 0.617. The third kappa shape index (κ3) is 4.86. The highest BCUT2D eigenvalue weighted by molar-refractivity contribution is 7.78. The van der Waals surface area contributed by atoms with E-state index in [9.17, 15) is 18.7 Å². The maximum atomic E-state index is 11.4. The Labute approximate surface area is 163 Å². The average Bonchev–Trinajstić information content (AvgIpc) is 3.05. The van der Waals surface area contributed by atoms with E-state index in [2.05, 4.69) is 10.3 Å². The molecule has 8 heteroatoms. The largest absolute Gasteiger partial charge is 0.772 e. The van der Waals surface area contributed by atoms with Crippen LogP contribution in [0, 0.1) is 0 Å². The monoisotopic (exact) mass is 401 g/mol. The first-order valence-corrected chi connectivity index (χ1v) is 10.2. The van der Waals surface area contributed by atoms with Crippen LogP contribution >= 0.6 is 11.3 Å². The van der Waals surface area contributed by atoms with E-state index in [1.807, 2.05) is 36.4 Å². The van der Waals surface area contributed by atoms with Gasteiger partial charge in [-0.05, 0) is 16.7 Å². The van der Waals surface area contributed by atoms with Gasteiger partial charge in [0.2, 0.25) is 5.91 Å². The van der Waals surface area contributed by atoms with E-state index in [-0.39, 0.29) is 18.3 Å². The fourth-order valence-electron chi connectivity index (χ4n) is 2.57. The lowest BCUT2D eigenvalue weighted by atomic mass is 10.0. The van der Waals surface area contributed by atoms with Crippen LogP contribution in [0.5, 0.6) is 0 Å². The van der Waals surface area contributed by atoms with E-state index >= 15 is 0 Å². The van der Waals surface area contributed by atoms with Crippen LogP contribution in [0.3, 0.4) is 0 Å². The van der Waals surface area contributed by atoms with Crippen molar-refractivity contribution >= 4 is 33.5 Å². The molecule has 3 rings (SSSR count). The number of benzene rings is 2. The second-order valence-electron chi connectivity index (χ2n) is 5.88. The Kier molecular flexibility index (Phi) is 6.12. The zero-order chi connectivity index (χ0) is 19.4. The number of carbonyl (C=O) groups excluding carboxylic acids is 1. The van der Waals surface area contributed by atoms with Crippen molar-refractivity contribution in [3.8, 4) is 21.7 Å². The minimum atomic E-state index is -2.14. The number of aliphatic hydroxyl groups is 1. The van der Waals surface area contributed by atoms with Gasteiger partial charge in [-0.25, -0.2) is 4.98 Å². The van der Waals surface area contributed by atoms with Crippen molar-refractivity contribution in [2.24, 2.45) is 0 Å². The van der Waals surface area contributed by atoms with Crippen molar-refractivity contribution in [3.05, 3.63) is 59.7 Å². The maximum Gasteiger partial charge on any atom is 0.223 e. The summed E-state index contributed by atoms with van der Waals surface area (Å²) in [6.07, 6.45) is 0. The Hall–Kier alpha value is -2.39. The molecule has 1 unspecified atom stereocenters. The number of rotatable bonds is 6. The Morgan fingerprint density at radius 2 is 1.70 bits per heavy atom. The van der Waals surface area contributed by atoms with Gasteiger partial charge in [-0.15, -0.1) is 0 Å². The van der Waals surface area contributed by atoms with Crippen molar-refractivity contribution < 1.29 is 18.7 Å². The van der Waals surface area contributed by atoms with Gasteiger partial charge in [-0.1, -0.05) is 70.9 Å². The molecule has 0 aliphatic rings. The van der Waals surface area contributed by atoms with Gasteiger partial charge in [0.25, 0.3) is 0 Å². The molecule has 0 aliphatic carbocycles. The van der Waals surface area contributed by atoms with Gasteiger partial charge in [-0.2, -0.15) is 0 Å². The molecule has 0 radical (unpaired) electrons. The first kappa shape index (κ1) is 19.4. The molecule has 2 aromatic carbocycles. The highest BCUT2D eigenvalue weighted by atomic mass is 32.2. The van der Waals surface area contributed by atoms with E-state index in [1.165, 1.54) is 18.3 Å². The summed E-state index contributed by atoms with van der Waals surface area (Å²) < 4.78 is 21.7. The highest BCUT2D eigenvalue weighted by Crippen LogP contribution is 2.39. The Balaban J connectivity index is 2.02. The van der Waals surface area contributed by atoms with E-state index in [4.69, 9.17) is 0 Å². The Morgan fingerprint density at radius 1 is 1.11 bits per heavy atom. The Morgan fingerprint density at radius 3 is 2.26 bits per heavy atom. The molecule has 0 fully saturated rings. The first-order chi connectivity index (χ1) is 13.0. The maximum absolute atomic E-state index is 11.4. The van der Waals surface area contributed by atoms with Crippen molar-refractivity contribution in [1.82, 2.24) is 4.98 Å². The van der Waals surface area contributed by atoms with Gasteiger partial charge >= 0.3 is 0 Å². The third-order valence-electron chi connectivity index (χ3n) is 3.82. The smallest absolute Gasteiger partial charge is 0.223 e. The first-order valence-electron chi connectivity index (χ1n) is 8.10. The molecule has 27 heavy (non-hydrogen) atoms. The number of aliphatic hydroxyl groups excluding tert-OH is 1. The topological polar surface area (TPSA) is 102 Å². The van der Waals surface area contributed by atoms with Crippen LogP contribution in [0.15, 0.2) is 48.5 Å². The number of amides is 1. The van der Waals surface area contributed by atoms with Crippen LogP contribution in [0.1, 0.15) is 18.1 Å². The second kappa shape index (κ2) is 8.53. The number of hydrogen-bond donors (Lipinski definition) is 2. The van der Waals surface area contributed by atoms with Crippen molar-refractivity contribution in [3.63, 3.8) is 0 Å². The summed E-state index contributed by atoms with van der Waals surface area (Å²) in [5.74, 6) is -0.235. The zero-order valence-corrected chi connectivity index (χ0v) is 16.1. The lowest BCUT2D eigenvalue weighted by Crippen LogP contribution is -2.04. The molecular weight excluding hydrogens is 384 g/mol. The molecule has 2 N–H and O–H groups in total. The molecule has 140 valence electrons. The zero-order valence-electron chi connectivity index (χ0n) is 14.5. The molecular formula is C19H17N2O4S2-. The van der Waals surface area contributed by atoms with Crippen LogP contribution in [0.2, 0.25) is 0 Å². The third-order valence-corrected chi connectivity index (χ3v) is 5.41. The van der Waals surface area contributed by atoms with Crippen molar-refractivity contribution in [2.75, 3.05) is 5.32 Å². The number of nitrogens with one attached hydrogen (secondary N) is 1. The van der Waals surface area contributed by atoms with Crippen LogP contribution in [-0.2, 0) is 28.2 Å². The molecule has 1 aromatic heterocycles. The van der Waals surface area contributed by atoms with Gasteiger partial charge in [0.05, 0.1) is 17.2 Å². The minimum absolute atomic E-state index is 0.0322. The van der Waals surface area contributed by atoms with E-state index in [1.54, 1.807) is 12.1 Å². The minimum Gasteiger partial charge on any atom is -0.772 e. The van der Waals surface area contributed by atoms with E-state index in [0.29, 0.717) is 16.4 Å². The van der Waals surface area contributed by atoms with Crippen molar-refractivity contribution in [2.45, 2.75) is 19.3 Å². The van der Waals surface area contributed by atoms with Gasteiger partial charge in [0.15, 0.2) is 5.13 Å². The van der Waals surface area contributed by atoms with Gasteiger partial charge < -0.3 is 15.0 Å². The molecule has 0 bridgehead atoms. The number of anilines is 1.